The van der Waals surface area contributed by atoms with E-state index in [-0.39, 0.29) is 108 Å². The normalized spacial score (nSPS) is 26.7. The Morgan fingerprint density at radius 1 is 0.423 bits per heavy atom. The minimum absolute atomic E-state index is 0.0171. The van der Waals surface area contributed by atoms with Crippen molar-refractivity contribution in [3.8, 4) is 0 Å². The molecule has 10 aromatic rings. The second-order valence-electron chi connectivity index (χ2n) is 25.2. The Hall–Kier alpha value is -8.26. The standard InChI is InChI=1S/C12H18N5O6P.C12H18N5O5P.C12H18N5O4PS.C12H17N5O4.C12H17N5O3/c1-3-6-7(23-24(19,20)21-2)4-8(22-6)17-5-14-9-10(17)15-12(13)16-11(9)18;1-3-7-8(22-23(18,19)20-2)4-9(21-7)17-6-16-10-11(13)14-5-15-12(10)17;1-3-7-8(21-22(18,23)19-2)4-9(20-7)17-6-16-10-11(13)14-5-15-12(10)17;1-19-4-7-6(20-2)3-8(21-7)17-5-14-9-10(17)15-12(13)16-11(9)18;1-18-4-8-7(19-2)3-9(20-8)17-6-16-10-11(13)14-5-15-12(10)17/h5-8H,3-4H2,1-2H3,(H,19,20)(H3,13,15,16,18);5-9H,3-4H2,1-2H3,(H,18,19)(H2,13,14,15);5-9H,3-4H2,1-2H3,(H,18,23)(H2,13,14,15);5-8H,3-4H2,1-2H3,(H3,13,15,16,18);5-9H,3-4H2,1-2H3,(H2,13,14,15)/t6-,7?,8-;7-,8?,9-;7-,8?,9-,22?;6?,7-,8-;7?,8-,9-/m11111/s1. The summed E-state index contributed by atoms with van der Waals surface area (Å²) in [6, 6.07) is 0. The topological polar surface area (TPSA) is 621 Å². The zero-order valence-electron chi connectivity index (χ0n) is 61.6. The molecule has 5 saturated heterocycles. The Morgan fingerprint density at radius 3 is 1.00 bits per heavy atom. The van der Waals surface area contributed by atoms with Crippen molar-refractivity contribution in [3.05, 3.63) is 71.3 Å². The lowest BCUT2D eigenvalue weighted by molar-refractivity contribution is -0.0598. The molecular formula is C60H88N25O22P3S. The van der Waals surface area contributed by atoms with Gasteiger partial charge >= 0.3 is 22.4 Å². The van der Waals surface area contributed by atoms with Crippen molar-refractivity contribution in [1.82, 2.24) is 97.6 Å². The number of imidazole rings is 5. The summed E-state index contributed by atoms with van der Waals surface area (Å²) in [6.45, 7) is 3.41. The molecular weight excluding hydrogens is 1550 g/mol. The molecule has 0 bridgehead atoms. The molecule has 5 aliphatic rings. The number of fused-ring (bicyclic) bond motifs is 5. The highest BCUT2D eigenvalue weighted by Gasteiger charge is 2.45. The monoisotopic (exact) mass is 1640 g/mol. The fourth-order valence-corrected chi connectivity index (χ4v) is 15.4. The maximum atomic E-state index is 11.8. The number of ether oxygens (including phenoxy) is 9. The van der Waals surface area contributed by atoms with Gasteiger partial charge in [-0.2, -0.15) is 9.97 Å². The second kappa shape index (κ2) is 36.3. The summed E-state index contributed by atoms with van der Waals surface area (Å²) in [5.41, 5.74) is 32.1. The summed E-state index contributed by atoms with van der Waals surface area (Å²) in [4.78, 5) is 111. The predicted octanol–water partition coefficient (Wildman–Crippen LogP) is 3.13. The fourth-order valence-electron chi connectivity index (χ4n) is 13.1. The Balaban J connectivity index is 0.000000138. The third-order valence-corrected chi connectivity index (χ3v) is 22.2. The number of methoxy groups -OCH3 is 4. The molecule has 0 radical (unpaired) electrons. The molecule has 8 unspecified atom stereocenters. The number of hydrogen-bond donors (Lipinski definition) is 10. The molecule has 0 saturated carbocycles. The molecule has 10 aromatic heterocycles. The van der Waals surface area contributed by atoms with E-state index in [1.807, 2.05) is 25.3 Å². The molecule has 47 nitrogen and oxygen atoms in total. The van der Waals surface area contributed by atoms with Crippen LogP contribution < -0.4 is 39.8 Å². The van der Waals surface area contributed by atoms with Gasteiger partial charge in [-0.3, -0.25) is 60.5 Å². The average molecular weight is 1640 g/mol. The number of phosphoric acid groups is 2. The van der Waals surface area contributed by atoms with Crippen LogP contribution in [0.25, 0.3) is 55.8 Å². The number of phosphoric ester groups is 2. The number of nitrogen functional groups attached to an aromatic ring is 5. The minimum Gasteiger partial charge on any atom is -0.382 e. The van der Waals surface area contributed by atoms with Crippen LogP contribution in [0.4, 0.5) is 29.4 Å². The van der Waals surface area contributed by atoms with Crippen LogP contribution >= 0.6 is 22.4 Å². The van der Waals surface area contributed by atoms with Gasteiger partial charge in [0.05, 0.1) is 93.7 Å². The number of rotatable bonds is 23. The molecule has 18 atom stereocenters. The van der Waals surface area contributed by atoms with Crippen LogP contribution in [-0.2, 0) is 90.7 Å². The van der Waals surface area contributed by atoms with Gasteiger partial charge in [-0.05, 0) is 31.1 Å². The first kappa shape index (κ1) is 83.7. The van der Waals surface area contributed by atoms with E-state index in [1.165, 1.54) is 38.7 Å². The van der Waals surface area contributed by atoms with Crippen LogP contribution in [0.3, 0.4) is 0 Å². The van der Waals surface area contributed by atoms with E-state index in [0.29, 0.717) is 109 Å². The van der Waals surface area contributed by atoms with Gasteiger partial charge in [0, 0.05) is 81.9 Å². The molecule has 5 aliphatic heterocycles. The average Bonchev–Trinajstić information content (AvgIpc) is 1.66. The third kappa shape index (κ3) is 19.0. The van der Waals surface area contributed by atoms with Gasteiger partial charge in [-0.25, -0.2) is 64.0 Å². The molecule has 0 aliphatic carbocycles. The maximum Gasteiger partial charge on any atom is 0.472 e. The zero-order valence-corrected chi connectivity index (χ0v) is 65.1. The summed E-state index contributed by atoms with van der Waals surface area (Å²) in [7, 11) is 1.89. The van der Waals surface area contributed by atoms with E-state index in [4.69, 9.17) is 101 Å². The number of nitrogens with one attached hydrogen (secondary N) is 2. The number of hydrogen-bond acceptors (Lipinski definition) is 38. The van der Waals surface area contributed by atoms with Gasteiger partial charge in [0.1, 0.15) is 78.9 Å². The Kier molecular flexibility index (Phi) is 27.3. The van der Waals surface area contributed by atoms with Gasteiger partial charge in [0.2, 0.25) is 11.9 Å². The van der Waals surface area contributed by atoms with Crippen molar-refractivity contribution in [2.75, 3.05) is 91.7 Å². The zero-order chi connectivity index (χ0) is 79.8. The van der Waals surface area contributed by atoms with Gasteiger partial charge in [0.25, 0.3) is 11.1 Å². The van der Waals surface area contributed by atoms with E-state index in [9.17, 15) is 33.4 Å². The summed E-state index contributed by atoms with van der Waals surface area (Å²) in [5, 5.41) is 0. The van der Waals surface area contributed by atoms with Crippen molar-refractivity contribution >= 4 is 119 Å². The molecule has 111 heavy (non-hydrogen) atoms. The SMILES string of the molecule is CC[C@H]1O[C@@H](n2cnc3c(=O)[nH]c(N)nc32)CC1OP(=O)(O)OC.CC[C@H]1O[C@@H](n2cnc3c(N)ncnc32)CC1OP(=O)(O)OC.CC[C@H]1O[C@@H](n2cnc3c(N)ncnc32)CC1OP(O)(=S)OC.COC[C@H]1O[C@@H](n2cnc3c(=O)[nH]c(N)nc32)CC1OC.COC[C@H]1O[C@@H](n2cnc3c(N)ncnc32)CC1OC. The summed E-state index contributed by atoms with van der Waals surface area (Å²) < 4.78 is 112. The number of H-pyrrole nitrogens is 2. The molecule has 0 aromatic carbocycles. The first-order valence-electron chi connectivity index (χ1n) is 34.4. The summed E-state index contributed by atoms with van der Waals surface area (Å²) >= 11 is 4.93. The van der Waals surface area contributed by atoms with Crippen LogP contribution in [0.2, 0.25) is 0 Å². The fraction of sp³-hybridized carbons (Fsp3) is 0.583. The van der Waals surface area contributed by atoms with Gasteiger partial charge < -0.3 is 95.0 Å². The quantitative estimate of drug-likeness (QED) is 0.0411. The molecule has 15 rings (SSSR count). The van der Waals surface area contributed by atoms with Crippen molar-refractivity contribution in [1.29, 1.82) is 0 Å². The van der Waals surface area contributed by atoms with Crippen molar-refractivity contribution in [2.45, 2.75) is 164 Å². The number of nitrogens with two attached hydrogens (primary N) is 5. The number of anilines is 5. The lowest BCUT2D eigenvalue weighted by Crippen LogP contribution is -2.27. The Labute approximate surface area is 635 Å². The van der Waals surface area contributed by atoms with Crippen molar-refractivity contribution in [3.63, 3.8) is 0 Å². The van der Waals surface area contributed by atoms with Crippen LogP contribution in [0, 0.1) is 0 Å². The highest BCUT2D eigenvalue weighted by molar-refractivity contribution is 8.07. The van der Waals surface area contributed by atoms with E-state index < -0.39 is 58.7 Å². The molecule has 15 heterocycles. The predicted molar refractivity (Wildman–Crippen MR) is 395 cm³/mol. The van der Waals surface area contributed by atoms with E-state index >= 15 is 0 Å². The van der Waals surface area contributed by atoms with Crippen LogP contribution in [0.1, 0.15) is 103 Å². The maximum absolute atomic E-state index is 11.8. The Morgan fingerprint density at radius 2 is 0.712 bits per heavy atom. The van der Waals surface area contributed by atoms with Crippen LogP contribution in [0.5, 0.6) is 0 Å². The van der Waals surface area contributed by atoms with Gasteiger partial charge in [-0.1, -0.05) is 20.8 Å². The van der Waals surface area contributed by atoms with E-state index in [2.05, 4.69) is 83.8 Å². The highest BCUT2D eigenvalue weighted by atomic mass is 32.5. The van der Waals surface area contributed by atoms with Gasteiger partial charge in [0.15, 0.2) is 56.7 Å². The molecule has 606 valence electrons. The molecule has 5 fully saturated rings. The molecule has 51 heteroatoms. The van der Waals surface area contributed by atoms with E-state index in [0.717, 1.165) is 14.2 Å². The molecule has 0 spiro atoms. The first-order chi connectivity index (χ1) is 53.1. The molecule has 15 N–H and O–H groups in total. The summed E-state index contributed by atoms with van der Waals surface area (Å²) in [6.07, 6.45) is 11.5. The number of nitrogens with zero attached hydrogens (tertiary/aromatic N) is 18. The van der Waals surface area contributed by atoms with Crippen LogP contribution in [0.15, 0.2) is 60.2 Å². The largest absolute Gasteiger partial charge is 0.472 e. The highest BCUT2D eigenvalue weighted by Crippen LogP contribution is 2.51. The number of aromatic amines is 2. The second-order valence-corrected chi connectivity index (χ2v) is 31.1. The lowest BCUT2D eigenvalue weighted by atomic mass is 10.1. The first-order valence-corrected chi connectivity index (χ1v) is 40.0. The minimum atomic E-state index is -4.14. The van der Waals surface area contributed by atoms with Crippen molar-refractivity contribution < 1.29 is 93.6 Å². The number of aromatic nitrogens is 20. The van der Waals surface area contributed by atoms with Gasteiger partial charge in [-0.15, -0.1) is 0 Å². The summed E-state index contributed by atoms with van der Waals surface area (Å²) in [5.74, 6) is 0.974. The van der Waals surface area contributed by atoms with E-state index in [1.54, 1.807) is 65.7 Å². The Bertz CT molecular complexity index is 4970. The molecule has 0 amide bonds. The lowest BCUT2D eigenvalue weighted by Gasteiger charge is -2.21. The van der Waals surface area contributed by atoms with Crippen LogP contribution in [-0.4, -0.2) is 236 Å². The smallest absolute Gasteiger partial charge is 0.382 e. The van der Waals surface area contributed by atoms with Crippen molar-refractivity contribution in [2.24, 2.45) is 0 Å². The third-order valence-electron chi connectivity index (χ3n) is 18.5.